The van der Waals surface area contributed by atoms with Gasteiger partial charge < -0.3 is 4.57 Å². The first-order valence-corrected chi connectivity index (χ1v) is 12.9. The van der Waals surface area contributed by atoms with Crippen LogP contribution in [0.4, 0.5) is 0 Å². The summed E-state index contributed by atoms with van der Waals surface area (Å²) >= 11 is 0. The zero-order chi connectivity index (χ0) is 22.3. The molecule has 0 aromatic heterocycles. The molecule has 0 saturated heterocycles. The number of hydrogen-bond donors (Lipinski definition) is 0. The number of rotatable bonds is 11. The highest BCUT2D eigenvalue weighted by molar-refractivity contribution is 7.95. The minimum absolute atomic E-state index is 0.151. The van der Waals surface area contributed by atoms with E-state index in [1.165, 1.54) is 6.42 Å². The molecule has 0 bridgehead atoms. The van der Waals surface area contributed by atoms with Gasteiger partial charge in [-0.3, -0.25) is 9.59 Å². The standard InChI is InChI=1S/C26H35O3P/c1-6-7-8-9-10-11-18-30(29,25(27)23-19(2)14-12-15-20(23)3)26(28)24-21(4)16-13-17-22(24)5/h12-17H,6-11,18H2,1-5H3. The van der Waals surface area contributed by atoms with E-state index in [0.717, 1.165) is 47.9 Å². The molecule has 0 heterocycles. The summed E-state index contributed by atoms with van der Waals surface area (Å²) in [6.07, 6.45) is 6.20. The Morgan fingerprint density at radius 2 is 1.03 bits per heavy atom. The summed E-state index contributed by atoms with van der Waals surface area (Å²) in [5.41, 5.74) is 3.06. The Morgan fingerprint density at radius 3 is 1.43 bits per heavy atom. The van der Waals surface area contributed by atoms with E-state index in [2.05, 4.69) is 6.92 Å². The first-order chi connectivity index (χ1) is 14.2. The Bertz CT molecular complexity index is 851. The molecule has 0 aliphatic rings. The summed E-state index contributed by atoms with van der Waals surface area (Å²) < 4.78 is 14.2. The first-order valence-electron chi connectivity index (χ1n) is 11.0. The van der Waals surface area contributed by atoms with Crippen LogP contribution < -0.4 is 0 Å². The zero-order valence-corrected chi connectivity index (χ0v) is 20.0. The third-order valence-corrected chi connectivity index (χ3v) is 8.58. The Morgan fingerprint density at radius 1 is 0.667 bits per heavy atom. The van der Waals surface area contributed by atoms with Gasteiger partial charge in [0.1, 0.15) is 0 Å². The number of carbonyl (C=O) groups excluding carboxylic acids is 2. The number of unbranched alkanes of at least 4 members (excludes halogenated alkanes) is 5. The molecule has 0 N–H and O–H groups in total. The van der Waals surface area contributed by atoms with Crippen LogP contribution in [0, 0.1) is 27.7 Å². The third kappa shape index (κ3) is 5.38. The Balaban J connectivity index is 2.43. The highest BCUT2D eigenvalue weighted by Gasteiger charge is 2.42. The summed E-state index contributed by atoms with van der Waals surface area (Å²) in [6.45, 7) is 9.55. The minimum atomic E-state index is -3.79. The van der Waals surface area contributed by atoms with Crippen molar-refractivity contribution in [2.75, 3.05) is 6.16 Å². The fourth-order valence-electron chi connectivity index (χ4n) is 4.07. The lowest BCUT2D eigenvalue weighted by Crippen LogP contribution is -2.17. The lowest BCUT2D eigenvalue weighted by Gasteiger charge is -2.20. The van der Waals surface area contributed by atoms with Crippen molar-refractivity contribution in [3.8, 4) is 0 Å². The maximum Gasteiger partial charge on any atom is 0.229 e. The van der Waals surface area contributed by atoms with Crippen molar-refractivity contribution in [3.05, 3.63) is 69.8 Å². The van der Waals surface area contributed by atoms with Gasteiger partial charge in [-0.15, -0.1) is 0 Å². The smallest absolute Gasteiger partial charge is 0.229 e. The van der Waals surface area contributed by atoms with Crippen LogP contribution >= 0.6 is 7.14 Å². The number of aryl methyl sites for hydroxylation is 4. The predicted octanol–water partition coefficient (Wildman–Crippen LogP) is 7.62. The van der Waals surface area contributed by atoms with Crippen LogP contribution in [0.3, 0.4) is 0 Å². The molecule has 30 heavy (non-hydrogen) atoms. The Kier molecular flexibility index (Phi) is 8.79. The van der Waals surface area contributed by atoms with Gasteiger partial charge in [0.25, 0.3) is 0 Å². The summed E-state index contributed by atoms with van der Waals surface area (Å²) in [5.74, 6) is 0. The van der Waals surface area contributed by atoms with Crippen molar-refractivity contribution in [2.45, 2.75) is 73.1 Å². The molecule has 0 aliphatic heterocycles. The highest BCUT2D eigenvalue weighted by atomic mass is 31.2. The van der Waals surface area contributed by atoms with Crippen molar-refractivity contribution >= 4 is 18.2 Å². The number of hydrogen-bond acceptors (Lipinski definition) is 3. The van der Waals surface area contributed by atoms with Gasteiger partial charge >= 0.3 is 0 Å². The summed E-state index contributed by atoms with van der Waals surface area (Å²) in [6, 6.07) is 11.1. The molecular weight excluding hydrogens is 391 g/mol. The van der Waals surface area contributed by atoms with Crippen molar-refractivity contribution in [1.29, 1.82) is 0 Å². The summed E-state index contributed by atoms with van der Waals surface area (Å²) in [5, 5.41) is 0. The van der Waals surface area contributed by atoms with Gasteiger partial charge in [-0.05, 0) is 56.4 Å². The van der Waals surface area contributed by atoms with E-state index in [4.69, 9.17) is 0 Å². The Hall–Kier alpha value is -1.99. The van der Waals surface area contributed by atoms with E-state index in [0.29, 0.717) is 17.5 Å². The highest BCUT2D eigenvalue weighted by Crippen LogP contribution is 2.54. The number of benzene rings is 2. The van der Waals surface area contributed by atoms with Gasteiger partial charge in [0.15, 0.2) is 0 Å². The molecule has 2 aromatic rings. The van der Waals surface area contributed by atoms with Gasteiger partial charge in [0.05, 0.1) is 0 Å². The van der Waals surface area contributed by atoms with Gasteiger partial charge in [-0.2, -0.15) is 0 Å². The van der Waals surface area contributed by atoms with Crippen LogP contribution in [0.25, 0.3) is 0 Å². The SMILES string of the molecule is CCCCCCCCP(=O)(C(=O)c1c(C)cccc1C)C(=O)c1c(C)cccc1C. The van der Waals surface area contributed by atoms with Crippen LogP contribution in [0.2, 0.25) is 0 Å². The molecule has 0 saturated carbocycles. The molecule has 162 valence electrons. The molecule has 0 aliphatic carbocycles. The second-order valence-electron chi connectivity index (χ2n) is 8.38. The fourth-order valence-corrected chi connectivity index (χ4v) is 6.76. The van der Waals surface area contributed by atoms with E-state index in [9.17, 15) is 14.2 Å². The molecular formula is C26H35O3P. The van der Waals surface area contributed by atoms with E-state index in [1.807, 2.05) is 64.1 Å². The van der Waals surface area contributed by atoms with Crippen molar-refractivity contribution in [1.82, 2.24) is 0 Å². The molecule has 2 aromatic carbocycles. The second kappa shape index (κ2) is 10.9. The lowest BCUT2D eigenvalue weighted by molar-refractivity contribution is 0.103. The monoisotopic (exact) mass is 426 g/mol. The molecule has 0 unspecified atom stereocenters. The van der Waals surface area contributed by atoms with Crippen molar-refractivity contribution in [3.63, 3.8) is 0 Å². The third-order valence-electron chi connectivity index (χ3n) is 5.87. The molecule has 2 rings (SSSR count). The molecule has 4 heteroatoms. The molecule has 0 fully saturated rings. The van der Waals surface area contributed by atoms with Gasteiger partial charge in [-0.25, -0.2) is 0 Å². The van der Waals surface area contributed by atoms with Crippen molar-refractivity contribution in [2.24, 2.45) is 0 Å². The van der Waals surface area contributed by atoms with Crippen LogP contribution in [0.15, 0.2) is 36.4 Å². The average Bonchev–Trinajstić information content (AvgIpc) is 2.70. The quantitative estimate of drug-likeness (QED) is 0.274. The predicted molar refractivity (Wildman–Crippen MR) is 126 cm³/mol. The lowest BCUT2D eigenvalue weighted by atomic mass is 10.0. The molecule has 0 atom stereocenters. The zero-order valence-electron chi connectivity index (χ0n) is 19.1. The molecule has 0 amide bonds. The molecule has 3 nitrogen and oxygen atoms in total. The summed E-state index contributed by atoms with van der Waals surface area (Å²) in [4.78, 5) is 27.3. The molecule has 0 spiro atoms. The van der Waals surface area contributed by atoms with Crippen LogP contribution in [0.5, 0.6) is 0 Å². The second-order valence-corrected chi connectivity index (χ2v) is 11.1. The van der Waals surface area contributed by atoms with E-state index < -0.39 is 18.2 Å². The van der Waals surface area contributed by atoms with E-state index >= 15 is 0 Å². The van der Waals surface area contributed by atoms with Gasteiger partial charge in [0, 0.05) is 17.3 Å². The normalized spacial score (nSPS) is 11.5. The number of carbonyl (C=O) groups is 2. The van der Waals surface area contributed by atoms with E-state index in [1.54, 1.807) is 0 Å². The minimum Gasteiger partial charge on any atom is -0.307 e. The fraction of sp³-hybridized carbons (Fsp3) is 0.462. The van der Waals surface area contributed by atoms with Crippen LogP contribution in [0.1, 0.15) is 88.4 Å². The maximum atomic E-state index is 14.2. The topological polar surface area (TPSA) is 51.2 Å². The Labute approximate surface area is 181 Å². The van der Waals surface area contributed by atoms with E-state index in [-0.39, 0.29) is 6.16 Å². The largest absolute Gasteiger partial charge is 0.307 e. The van der Waals surface area contributed by atoms with Crippen molar-refractivity contribution < 1.29 is 14.2 Å². The maximum absolute atomic E-state index is 14.2. The first kappa shape index (κ1) is 24.3. The average molecular weight is 427 g/mol. The van der Waals surface area contributed by atoms with Gasteiger partial charge in [-0.1, -0.05) is 75.4 Å². The van der Waals surface area contributed by atoms with Crippen LogP contribution in [-0.2, 0) is 4.57 Å². The van der Waals surface area contributed by atoms with Gasteiger partial charge in [0.2, 0.25) is 18.2 Å². The summed E-state index contributed by atoms with van der Waals surface area (Å²) in [7, 11) is -3.79. The molecule has 0 radical (unpaired) electrons. The van der Waals surface area contributed by atoms with Crippen LogP contribution in [-0.4, -0.2) is 17.2 Å².